The van der Waals surface area contributed by atoms with E-state index >= 15 is 0 Å². The third-order valence-electron chi connectivity index (χ3n) is 5.53. The Balaban J connectivity index is 1.05. The Morgan fingerprint density at radius 2 is 1.80 bits per heavy atom. The molecule has 1 saturated carbocycles. The maximum Gasteiger partial charge on any atom is 0.273 e. The molecule has 0 atom stereocenters. The largest absolute Gasteiger partial charge is 0.489 e. The van der Waals surface area contributed by atoms with Crippen LogP contribution in [0.1, 0.15) is 40.5 Å². The van der Waals surface area contributed by atoms with Crippen molar-refractivity contribution < 1.29 is 9.53 Å². The molecular formula is C23H25N5O2. The average Bonchev–Trinajstić information content (AvgIpc) is 3.48. The van der Waals surface area contributed by atoms with Crippen molar-refractivity contribution in [3.8, 4) is 5.75 Å². The lowest BCUT2D eigenvalue weighted by Crippen LogP contribution is -2.58. The molecule has 5 rings (SSSR count). The van der Waals surface area contributed by atoms with E-state index in [1.165, 1.54) is 5.56 Å². The van der Waals surface area contributed by atoms with E-state index in [9.17, 15) is 4.79 Å². The lowest BCUT2D eigenvalue weighted by molar-refractivity contribution is 0.0790. The Hall–Kier alpha value is -3.19. The van der Waals surface area contributed by atoms with Crippen molar-refractivity contribution in [2.75, 3.05) is 13.1 Å². The number of nitrogens with zero attached hydrogens (tertiary/aromatic N) is 4. The molecule has 1 aromatic heterocycles. The van der Waals surface area contributed by atoms with Crippen LogP contribution in [0.25, 0.3) is 0 Å². The molecule has 2 aromatic carbocycles. The number of carbonyl (C=O) groups excluding carboxylic acids is 1. The number of ether oxygens (including phenoxy) is 1. The van der Waals surface area contributed by atoms with Crippen molar-refractivity contribution in [3.63, 3.8) is 0 Å². The van der Waals surface area contributed by atoms with Crippen molar-refractivity contribution in [2.45, 2.75) is 38.1 Å². The first kappa shape index (κ1) is 18.8. The Kier molecular flexibility index (Phi) is 5.19. The van der Waals surface area contributed by atoms with Gasteiger partial charge in [-0.25, -0.2) is 4.68 Å². The van der Waals surface area contributed by atoms with E-state index in [0.717, 1.165) is 43.8 Å². The van der Waals surface area contributed by atoms with Crippen LogP contribution in [-0.4, -0.2) is 44.9 Å². The molecular weight excluding hydrogens is 378 g/mol. The summed E-state index contributed by atoms with van der Waals surface area (Å²) in [6, 6.07) is 19.0. The Labute approximate surface area is 175 Å². The molecule has 0 bridgehead atoms. The van der Waals surface area contributed by atoms with E-state index in [2.05, 4.69) is 44.8 Å². The molecule has 2 fully saturated rings. The minimum atomic E-state index is -0.133. The first-order chi connectivity index (χ1) is 14.7. The number of amides is 1. The fourth-order valence-electron chi connectivity index (χ4n) is 3.64. The van der Waals surface area contributed by atoms with Crippen molar-refractivity contribution >= 4 is 5.91 Å². The van der Waals surface area contributed by atoms with E-state index in [-0.39, 0.29) is 11.9 Å². The van der Waals surface area contributed by atoms with Crippen LogP contribution in [0.3, 0.4) is 0 Å². The first-order valence-corrected chi connectivity index (χ1v) is 10.4. The van der Waals surface area contributed by atoms with E-state index in [4.69, 9.17) is 4.74 Å². The molecule has 0 spiro atoms. The van der Waals surface area contributed by atoms with Gasteiger partial charge in [-0.05, 0) is 36.1 Å². The van der Waals surface area contributed by atoms with Crippen LogP contribution in [0.5, 0.6) is 5.75 Å². The molecule has 0 unspecified atom stereocenters. The van der Waals surface area contributed by atoms with Crippen LogP contribution in [0.2, 0.25) is 0 Å². The molecule has 30 heavy (non-hydrogen) atoms. The Bertz CT molecular complexity index is 992. The molecule has 3 aromatic rings. The second kappa shape index (κ2) is 8.28. The fraction of sp³-hybridized carbons (Fsp3) is 0.348. The molecule has 1 aliphatic carbocycles. The van der Waals surface area contributed by atoms with Crippen molar-refractivity contribution in [3.05, 3.63) is 77.6 Å². The normalized spacial score (nSPS) is 16.8. The molecule has 2 aliphatic rings. The van der Waals surface area contributed by atoms with Crippen LogP contribution in [-0.2, 0) is 13.2 Å². The number of likely N-dealkylation sites (tertiary alicyclic amines) is 1. The minimum Gasteiger partial charge on any atom is -0.489 e. The van der Waals surface area contributed by atoms with Gasteiger partial charge in [-0.3, -0.25) is 9.69 Å². The molecule has 2 heterocycles. The van der Waals surface area contributed by atoms with Gasteiger partial charge < -0.3 is 10.1 Å². The molecule has 1 N–H and O–H groups in total. The number of aromatic nitrogens is 3. The molecule has 1 amide bonds. The third-order valence-corrected chi connectivity index (χ3v) is 5.53. The minimum absolute atomic E-state index is 0.133. The second-order valence-electron chi connectivity index (χ2n) is 8.10. The predicted octanol–water partition coefficient (Wildman–Crippen LogP) is 2.81. The third kappa shape index (κ3) is 4.52. The summed E-state index contributed by atoms with van der Waals surface area (Å²) in [6.45, 7) is 3.12. The van der Waals surface area contributed by atoms with Crippen molar-refractivity contribution in [2.24, 2.45) is 0 Å². The summed E-state index contributed by atoms with van der Waals surface area (Å²) >= 11 is 0. The van der Waals surface area contributed by atoms with Crippen LogP contribution < -0.4 is 10.1 Å². The zero-order chi connectivity index (χ0) is 20.3. The van der Waals surface area contributed by atoms with Gasteiger partial charge in [0.1, 0.15) is 12.4 Å². The number of benzene rings is 2. The highest BCUT2D eigenvalue weighted by Crippen LogP contribution is 2.33. The van der Waals surface area contributed by atoms with E-state index in [1.54, 1.807) is 10.9 Å². The summed E-state index contributed by atoms with van der Waals surface area (Å²) in [6.07, 6.45) is 4.01. The van der Waals surface area contributed by atoms with Gasteiger partial charge >= 0.3 is 0 Å². The van der Waals surface area contributed by atoms with Crippen LogP contribution in [0, 0.1) is 0 Å². The van der Waals surface area contributed by atoms with Gasteiger partial charge in [-0.2, -0.15) is 0 Å². The zero-order valence-corrected chi connectivity index (χ0v) is 16.8. The highest BCUT2D eigenvalue weighted by Gasteiger charge is 2.30. The van der Waals surface area contributed by atoms with Crippen molar-refractivity contribution in [1.29, 1.82) is 0 Å². The quantitative estimate of drug-likeness (QED) is 0.626. The summed E-state index contributed by atoms with van der Waals surface area (Å²) in [4.78, 5) is 14.6. The molecule has 1 saturated heterocycles. The topological polar surface area (TPSA) is 72.3 Å². The van der Waals surface area contributed by atoms with E-state index in [1.807, 2.05) is 30.3 Å². The van der Waals surface area contributed by atoms with Crippen LogP contribution >= 0.6 is 0 Å². The van der Waals surface area contributed by atoms with E-state index < -0.39 is 0 Å². The van der Waals surface area contributed by atoms with Gasteiger partial charge in [0, 0.05) is 19.6 Å². The maximum atomic E-state index is 12.3. The van der Waals surface area contributed by atoms with E-state index in [0.29, 0.717) is 18.3 Å². The lowest BCUT2D eigenvalue weighted by atomic mass is 10.1. The lowest BCUT2D eigenvalue weighted by Gasteiger charge is -2.39. The number of rotatable bonds is 8. The molecule has 7 nitrogen and oxygen atoms in total. The standard InChI is InChI=1S/C23H25N5O2/c29-23(22-15-28(26-25-22)20-8-9-20)24-19-13-27(14-19)12-17-6-10-21(11-7-17)30-16-18-4-2-1-3-5-18/h1-7,10-11,15,19-20H,8-9,12-14,16H2,(H,24,29). The maximum absolute atomic E-state index is 12.3. The fourth-order valence-corrected chi connectivity index (χ4v) is 3.64. The number of hydrogen-bond donors (Lipinski definition) is 1. The highest BCUT2D eigenvalue weighted by atomic mass is 16.5. The summed E-state index contributed by atoms with van der Waals surface area (Å²) in [5, 5.41) is 11.1. The smallest absolute Gasteiger partial charge is 0.273 e. The summed E-state index contributed by atoms with van der Waals surface area (Å²) in [5.74, 6) is 0.738. The summed E-state index contributed by atoms with van der Waals surface area (Å²) in [7, 11) is 0. The summed E-state index contributed by atoms with van der Waals surface area (Å²) in [5.41, 5.74) is 2.80. The molecule has 154 valence electrons. The second-order valence-corrected chi connectivity index (χ2v) is 8.10. The Morgan fingerprint density at radius 1 is 1.03 bits per heavy atom. The van der Waals surface area contributed by atoms with Crippen LogP contribution in [0.4, 0.5) is 0 Å². The summed E-state index contributed by atoms with van der Waals surface area (Å²) < 4.78 is 7.64. The molecule has 0 radical (unpaired) electrons. The van der Waals surface area contributed by atoms with Gasteiger partial charge in [0.05, 0.1) is 18.3 Å². The number of carbonyl (C=O) groups is 1. The first-order valence-electron chi connectivity index (χ1n) is 10.4. The highest BCUT2D eigenvalue weighted by molar-refractivity contribution is 5.92. The molecule has 1 aliphatic heterocycles. The van der Waals surface area contributed by atoms with Gasteiger partial charge in [0.2, 0.25) is 0 Å². The average molecular weight is 403 g/mol. The number of hydrogen-bond acceptors (Lipinski definition) is 5. The SMILES string of the molecule is O=C(NC1CN(Cc2ccc(OCc3ccccc3)cc2)C1)c1cn(C2CC2)nn1. The van der Waals surface area contributed by atoms with Gasteiger partial charge in [0.25, 0.3) is 5.91 Å². The van der Waals surface area contributed by atoms with Gasteiger partial charge in [-0.1, -0.05) is 47.7 Å². The van der Waals surface area contributed by atoms with Gasteiger partial charge in [-0.15, -0.1) is 5.10 Å². The monoisotopic (exact) mass is 403 g/mol. The van der Waals surface area contributed by atoms with Gasteiger partial charge in [0.15, 0.2) is 5.69 Å². The number of nitrogens with one attached hydrogen (secondary N) is 1. The van der Waals surface area contributed by atoms with Crippen LogP contribution in [0.15, 0.2) is 60.8 Å². The molecule has 7 heteroatoms. The predicted molar refractivity (Wildman–Crippen MR) is 112 cm³/mol. The van der Waals surface area contributed by atoms with Crippen molar-refractivity contribution in [1.82, 2.24) is 25.2 Å². The zero-order valence-electron chi connectivity index (χ0n) is 16.8. The Morgan fingerprint density at radius 3 is 2.53 bits per heavy atom.